The van der Waals surface area contributed by atoms with E-state index in [0.717, 1.165) is 6.20 Å². The van der Waals surface area contributed by atoms with Crippen LogP contribution in [0.15, 0.2) is 60.9 Å². The van der Waals surface area contributed by atoms with E-state index in [4.69, 9.17) is 0 Å². The number of aliphatic hydroxyl groups is 2. The monoisotopic (exact) mass is 466 g/mol. The number of hydrogen-bond acceptors (Lipinski definition) is 8. The number of fused-ring (bicyclic) bond motifs is 2. The molecule has 2 N–H and O–H groups in total. The van der Waals surface area contributed by atoms with Gasteiger partial charge in [0.25, 0.3) is 17.4 Å². The largest absolute Gasteiger partial charge is 0.805 e. The molecule has 2 aromatic carbocycles. The summed E-state index contributed by atoms with van der Waals surface area (Å²) in [6.07, 6.45) is 2.06. The van der Waals surface area contributed by atoms with Gasteiger partial charge < -0.3 is 39.9 Å². The maximum atomic E-state index is 14.2. The number of hydroxylamine groups is 6. The molecule has 1 fully saturated rings. The van der Waals surface area contributed by atoms with Crippen molar-refractivity contribution in [2.45, 2.75) is 5.72 Å². The van der Waals surface area contributed by atoms with Gasteiger partial charge in [-0.15, -0.1) is 0 Å². The first-order valence-corrected chi connectivity index (χ1v) is 10.7. The number of hydrogen-bond donors (Lipinski definition) is 2. The number of nitrogens with zero attached hydrogens (tertiary/aromatic N) is 6. The zero-order chi connectivity index (χ0) is 24.1. The van der Waals surface area contributed by atoms with E-state index in [1.165, 1.54) is 18.3 Å². The number of quaternary nitrogens is 2. The van der Waals surface area contributed by atoms with Gasteiger partial charge in [-0.25, -0.2) is 4.98 Å². The molecule has 1 aliphatic heterocycles. The van der Waals surface area contributed by atoms with Crippen molar-refractivity contribution in [2.75, 3.05) is 32.9 Å². The number of rotatable bonds is 4. The average molecular weight is 466 g/mol. The summed E-state index contributed by atoms with van der Waals surface area (Å²) in [6, 6.07) is 12.8. The summed E-state index contributed by atoms with van der Waals surface area (Å²) in [4.78, 5) is 21.5. The average Bonchev–Trinajstić information content (AvgIpc) is 2.87. The molecule has 34 heavy (non-hydrogen) atoms. The van der Waals surface area contributed by atoms with E-state index in [2.05, 4.69) is 9.97 Å². The molecule has 0 aliphatic carbocycles. The van der Waals surface area contributed by atoms with Crippen molar-refractivity contribution in [3.63, 3.8) is 0 Å². The van der Waals surface area contributed by atoms with E-state index in [-0.39, 0.29) is 29.8 Å². The Balaban J connectivity index is 1.78. The van der Waals surface area contributed by atoms with Gasteiger partial charge in [0.15, 0.2) is 18.1 Å². The minimum Gasteiger partial charge on any atom is -0.805 e. The molecule has 0 saturated carbocycles. The van der Waals surface area contributed by atoms with Gasteiger partial charge in [0, 0.05) is 11.0 Å². The molecule has 1 unspecified atom stereocenters. The molecule has 176 valence electrons. The van der Waals surface area contributed by atoms with E-state index in [1.54, 1.807) is 36.4 Å². The SMILES string of the molecule is O=[n+]1cc(C(O)(c2cnc3ccccc3n2)[N+]2([O-])CC[N+]([O-])(CO)CC2)n([O-])c2ccccc21. The fraction of sp³-hybridized carbons (Fsp3) is 0.273. The van der Waals surface area contributed by atoms with Crippen LogP contribution in [0.2, 0.25) is 0 Å². The maximum Gasteiger partial charge on any atom is 0.295 e. The molecule has 0 amide bonds. The lowest BCUT2D eigenvalue weighted by molar-refractivity contribution is -1.03. The second kappa shape index (κ2) is 7.77. The smallest absolute Gasteiger partial charge is 0.295 e. The van der Waals surface area contributed by atoms with Crippen LogP contribution in [0.3, 0.4) is 0 Å². The predicted molar refractivity (Wildman–Crippen MR) is 120 cm³/mol. The van der Waals surface area contributed by atoms with Gasteiger partial charge in [0.05, 0.1) is 21.7 Å². The number of aromatic nitrogens is 4. The van der Waals surface area contributed by atoms with Crippen LogP contribution in [-0.2, 0) is 5.72 Å². The highest BCUT2D eigenvalue weighted by atomic mass is 16.6. The molecule has 0 bridgehead atoms. The van der Waals surface area contributed by atoms with Crippen molar-refractivity contribution in [3.8, 4) is 0 Å². The molecule has 12 nitrogen and oxygen atoms in total. The lowest BCUT2D eigenvalue weighted by Crippen LogP contribution is -2.70. The molecule has 4 aromatic rings. The second-order valence-corrected chi connectivity index (χ2v) is 8.52. The van der Waals surface area contributed by atoms with Gasteiger partial charge in [-0.3, -0.25) is 4.98 Å². The molecule has 0 radical (unpaired) electrons. The van der Waals surface area contributed by atoms with Crippen molar-refractivity contribution < 1.29 is 23.9 Å². The molecule has 12 heteroatoms. The Morgan fingerprint density at radius 1 is 1.03 bits per heavy atom. The van der Waals surface area contributed by atoms with E-state index in [1.807, 2.05) is 0 Å². The normalized spacial score (nSPS) is 24.8. The van der Waals surface area contributed by atoms with Gasteiger partial charge in [0.2, 0.25) is 0 Å². The minimum absolute atomic E-state index is 0.0462. The Morgan fingerprint density at radius 3 is 2.38 bits per heavy atom. The molecule has 0 spiro atoms. The number of benzene rings is 2. The van der Waals surface area contributed by atoms with E-state index >= 15 is 0 Å². The fourth-order valence-electron chi connectivity index (χ4n) is 4.47. The Bertz CT molecular complexity index is 1450. The van der Waals surface area contributed by atoms with E-state index in [0.29, 0.717) is 20.2 Å². The Hall–Kier alpha value is -3.52. The summed E-state index contributed by atoms with van der Waals surface area (Å²) in [7, 11) is 0. The fourth-order valence-corrected chi connectivity index (χ4v) is 4.47. The van der Waals surface area contributed by atoms with Crippen molar-refractivity contribution in [1.29, 1.82) is 0 Å². The zero-order valence-electron chi connectivity index (χ0n) is 18.0. The highest BCUT2D eigenvalue weighted by molar-refractivity contribution is 5.74. The van der Waals surface area contributed by atoms with Gasteiger partial charge in [-0.05, 0) is 18.2 Å². The van der Waals surface area contributed by atoms with Gasteiger partial charge in [0.1, 0.15) is 31.7 Å². The Morgan fingerprint density at radius 2 is 1.68 bits per heavy atom. The summed E-state index contributed by atoms with van der Waals surface area (Å²) in [5.74, 6) is 0. The van der Waals surface area contributed by atoms with Gasteiger partial charge >= 0.3 is 0 Å². The topological polar surface area (TPSA) is 163 Å². The van der Waals surface area contributed by atoms with Crippen LogP contribution in [0.1, 0.15) is 11.4 Å². The predicted octanol–water partition coefficient (Wildman–Crippen LogP) is 0.631. The van der Waals surface area contributed by atoms with Crippen LogP contribution in [0, 0.1) is 20.5 Å². The minimum atomic E-state index is -2.66. The van der Waals surface area contributed by atoms with Crippen molar-refractivity contribution in [3.05, 3.63) is 92.8 Å². The summed E-state index contributed by atoms with van der Waals surface area (Å²) in [5, 5.41) is 61.8. The molecule has 1 atom stereocenters. The molecule has 1 aliphatic rings. The second-order valence-electron chi connectivity index (χ2n) is 8.52. The van der Waals surface area contributed by atoms with Crippen LogP contribution in [0.25, 0.3) is 22.1 Å². The maximum absolute atomic E-state index is 14.2. The quantitative estimate of drug-likeness (QED) is 0.251. The third-order valence-electron chi connectivity index (χ3n) is 6.54. The molecule has 5 rings (SSSR count). The van der Waals surface area contributed by atoms with Crippen LogP contribution in [-0.4, -0.2) is 67.1 Å². The lowest BCUT2D eigenvalue weighted by Gasteiger charge is -2.58. The first-order chi connectivity index (χ1) is 16.2. The standard InChI is InChI=1S/C22H22N6O6/c29-15-27(33)9-11-28(34,12-10-27)22(30,20-13-23-16-5-1-2-6-17(16)24-20)21-14-25(31)18-7-3-4-8-19(18)26(21)32/h1-8,13-14,29-30H,9-12,15H2. The third kappa shape index (κ3) is 3.24. The Labute approximate surface area is 192 Å². The van der Waals surface area contributed by atoms with Crippen LogP contribution < -0.4 is 4.43 Å². The first kappa shape index (κ1) is 22.3. The molecule has 3 heterocycles. The first-order valence-electron chi connectivity index (χ1n) is 10.7. The van der Waals surface area contributed by atoms with Crippen molar-refractivity contribution >= 4 is 22.1 Å². The summed E-state index contributed by atoms with van der Waals surface area (Å²) >= 11 is 0. The molecule has 2 aromatic heterocycles. The lowest BCUT2D eigenvalue weighted by atomic mass is 10.0. The number of piperazine rings is 1. The Kier molecular flexibility index (Phi) is 5.09. The summed E-state index contributed by atoms with van der Waals surface area (Å²) in [5.41, 5.74) is -2.52. The van der Waals surface area contributed by atoms with Gasteiger partial charge in [-0.2, -0.15) is 0 Å². The summed E-state index contributed by atoms with van der Waals surface area (Å²) in [6.45, 7) is -2.17. The van der Waals surface area contributed by atoms with E-state index < -0.39 is 40.5 Å². The molecule has 1 saturated heterocycles. The molecular formula is C22H22N6O6. The highest BCUT2D eigenvalue weighted by Crippen LogP contribution is 2.40. The van der Waals surface area contributed by atoms with Crippen LogP contribution in [0.4, 0.5) is 0 Å². The molecular weight excluding hydrogens is 444 g/mol. The van der Waals surface area contributed by atoms with E-state index in [9.17, 15) is 30.7 Å². The van der Waals surface area contributed by atoms with Crippen LogP contribution in [0.5, 0.6) is 0 Å². The zero-order valence-corrected chi connectivity index (χ0v) is 18.0. The van der Waals surface area contributed by atoms with Crippen molar-refractivity contribution in [2.24, 2.45) is 0 Å². The number of para-hydroxylation sites is 4. The van der Waals surface area contributed by atoms with Crippen molar-refractivity contribution in [1.82, 2.24) is 14.7 Å². The summed E-state index contributed by atoms with van der Waals surface area (Å²) < 4.78 is -1.70. The number of aliphatic hydroxyl groups excluding tert-OH is 1. The highest BCUT2D eigenvalue weighted by Gasteiger charge is 2.55. The van der Waals surface area contributed by atoms with Crippen LogP contribution >= 0.6 is 0 Å². The van der Waals surface area contributed by atoms with Gasteiger partial charge in [-0.1, -0.05) is 24.3 Å². The third-order valence-corrected chi connectivity index (χ3v) is 6.54.